The van der Waals surface area contributed by atoms with E-state index < -0.39 is 0 Å². The molecule has 0 unspecified atom stereocenters. The Kier molecular flexibility index (Phi) is 11.6. The Balaban J connectivity index is 3.01. The lowest BCUT2D eigenvalue weighted by atomic mass is 10.1. The van der Waals surface area contributed by atoms with Crippen LogP contribution in [0.1, 0.15) is 58.3 Å². The van der Waals surface area contributed by atoms with Crippen molar-refractivity contribution in [2.24, 2.45) is 0 Å². The molecule has 0 N–H and O–H groups in total. The van der Waals surface area contributed by atoms with Gasteiger partial charge < -0.3 is 4.74 Å². The fraction of sp³-hybridized carbons (Fsp3) is 0.917. The van der Waals surface area contributed by atoms with Gasteiger partial charge in [-0.1, -0.05) is 45.4 Å². The maximum atomic E-state index is 10.9. The van der Waals surface area contributed by atoms with Crippen LogP contribution in [0.2, 0.25) is 0 Å². The summed E-state index contributed by atoms with van der Waals surface area (Å²) in [6, 6.07) is 0. The SMILES string of the molecule is CCCCCCCCCOC(=O)CCCl. The number of rotatable bonds is 10. The standard InChI is InChI=1S/C12H23ClO2/c1-2-3-4-5-6-7-8-11-15-12(14)9-10-13/h2-11H2,1H3. The van der Waals surface area contributed by atoms with E-state index in [1.165, 1.54) is 32.1 Å². The van der Waals surface area contributed by atoms with Gasteiger partial charge in [-0.3, -0.25) is 4.79 Å². The highest BCUT2D eigenvalue weighted by molar-refractivity contribution is 6.18. The van der Waals surface area contributed by atoms with Crippen LogP contribution in [0.25, 0.3) is 0 Å². The molecule has 0 bridgehead atoms. The summed E-state index contributed by atoms with van der Waals surface area (Å²) in [5, 5.41) is 0. The van der Waals surface area contributed by atoms with Crippen LogP contribution in [0.15, 0.2) is 0 Å². The summed E-state index contributed by atoms with van der Waals surface area (Å²) in [5.74, 6) is 0.187. The van der Waals surface area contributed by atoms with Crippen LogP contribution in [0, 0.1) is 0 Å². The van der Waals surface area contributed by atoms with Crippen molar-refractivity contribution in [1.82, 2.24) is 0 Å². The van der Waals surface area contributed by atoms with Gasteiger partial charge in [-0.25, -0.2) is 0 Å². The Bertz CT molecular complexity index is 149. The number of unbranched alkanes of at least 4 members (excludes halogenated alkanes) is 6. The van der Waals surface area contributed by atoms with Gasteiger partial charge in [-0.05, 0) is 6.42 Å². The molecule has 2 nitrogen and oxygen atoms in total. The first-order valence-electron chi connectivity index (χ1n) is 6.02. The molecule has 90 valence electrons. The number of carbonyl (C=O) groups excluding carboxylic acids is 1. The Labute approximate surface area is 98.3 Å². The van der Waals surface area contributed by atoms with Crippen molar-refractivity contribution in [3.63, 3.8) is 0 Å². The van der Waals surface area contributed by atoms with Crippen molar-refractivity contribution < 1.29 is 9.53 Å². The number of esters is 1. The van der Waals surface area contributed by atoms with Crippen LogP contribution in [-0.2, 0) is 9.53 Å². The highest BCUT2D eigenvalue weighted by Crippen LogP contribution is 2.06. The summed E-state index contributed by atoms with van der Waals surface area (Å²) in [4.78, 5) is 10.9. The van der Waals surface area contributed by atoms with Gasteiger partial charge in [0.25, 0.3) is 0 Å². The van der Waals surface area contributed by atoms with Gasteiger partial charge in [-0.2, -0.15) is 0 Å². The van der Waals surface area contributed by atoms with E-state index in [1.807, 2.05) is 0 Å². The number of hydrogen-bond donors (Lipinski definition) is 0. The van der Waals surface area contributed by atoms with Crippen LogP contribution in [0.5, 0.6) is 0 Å². The minimum Gasteiger partial charge on any atom is -0.466 e. The second-order valence-electron chi connectivity index (χ2n) is 3.78. The monoisotopic (exact) mass is 234 g/mol. The molecule has 15 heavy (non-hydrogen) atoms. The maximum Gasteiger partial charge on any atom is 0.306 e. The normalized spacial score (nSPS) is 10.3. The lowest BCUT2D eigenvalue weighted by Crippen LogP contribution is -2.05. The molecule has 0 saturated carbocycles. The Morgan fingerprint density at radius 3 is 2.27 bits per heavy atom. The Morgan fingerprint density at radius 1 is 1.07 bits per heavy atom. The van der Waals surface area contributed by atoms with Gasteiger partial charge in [0.2, 0.25) is 0 Å². The molecule has 0 saturated heterocycles. The maximum absolute atomic E-state index is 10.9. The predicted octanol–water partition coefficient (Wildman–Crippen LogP) is 3.91. The largest absolute Gasteiger partial charge is 0.466 e. The van der Waals surface area contributed by atoms with Crippen LogP contribution >= 0.6 is 11.6 Å². The summed E-state index contributed by atoms with van der Waals surface area (Å²) in [6.45, 7) is 2.78. The Morgan fingerprint density at radius 2 is 1.67 bits per heavy atom. The van der Waals surface area contributed by atoms with Gasteiger partial charge in [0.1, 0.15) is 0 Å². The van der Waals surface area contributed by atoms with E-state index in [0.29, 0.717) is 18.9 Å². The highest BCUT2D eigenvalue weighted by atomic mass is 35.5. The van der Waals surface area contributed by atoms with Crippen LogP contribution in [-0.4, -0.2) is 18.5 Å². The zero-order chi connectivity index (χ0) is 11.4. The fourth-order valence-corrected chi connectivity index (χ4v) is 1.55. The third-order valence-corrected chi connectivity index (χ3v) is 2.50. The zero-order valence-corrected chi connectivity index (χ0v) is 10.5. The number of ether oxygens (including phenoxy) is 1. The molecule has 0 spiro atoms. The topological polar surface area (TPSA) is 26.3 Å². The molecule has 0 aliphatic carbocycles. The second-order valence-corrected chi connectivity index (χ2v) is 4.16. The fourth-order valence-electron chi connectivity index (χ4n) is 1.39. The molecule has 0 amide bonds. The predicted molar refractivity (Wildman–Crippen MR) is 64.3 cm³/mol. The molecule has 0 aliphatic heterocycles. The third kappa shape index (κ3) is 11.7. The molecule has 0 aromatic rings. The number of halogens is 1. The lowest BCUT2D eigenvalue weighted by Gasteiger charge is -2.03. The molecule has 0 atom stereocenters. The van der Waals surface area contributed by atoms with Gasteiger partial charge in [-0.15, -0.1) is 11.6 Å². The smallest absolute Gasteiger partial charge is 0.306 e. The van der Waals surface area contributed by atoms with E-state index in [4.69, 9.17) is 16.3 Å². The minimum atomic E-state index is -0.170. The summed E-state index contributed by atoms with van der Waals surface area (Å²) >= 11 is 5.41. The van der Waals surface area contributed by atoms with E-state index in [9.17, 15) is 4.79 Å². The van der Waals surface area contributed by atoms with E-state index in [2.05, 4.69) is 6.92 Å². The summed E-state index contributed by atoms with van der Waals surface area (Å²) in [7, 11) is 0. The van der Waals surface area contributed by atoms with Crippen LogP contribution in [0.3, 0.4) is 0 Å². The van der Waals surface area contributed by atoms with Crippen molar-refractivity contribution >= 4 is 17.6 Å². The van der Waals surface area contributed by atoms with Crippen molar-refractivity contribution in [2.75, 3.05) is 12.5 Å². The molecular formula is C12H23ClO2. The molecule has 0 fully saturated rings. The van der Waals surface area contributed by atoms with Crippen LogP contribution in [0.4, 0.5) is 0 Å². The summed E-state index contributed by atoms with van der Waals surface area (Å²) < 4.78 is 4.99. The van der Waals surface area contributed by atoms with E-state index >= 15 is 0 Å². The second kappa shape index (κ2) is 11.8. The number of alkyl halides is 1. The number of hydrogen-bond acceptors (Lipinski definition) is 2. The van der Waals surface area contributed by atoms with Gasteiger partial charge >= 0.3 is 5.97 Å². The summed E-state index contributed by atoms with van der Waals surface area (Å²) in [5.41, 5.74) is 0. The molecule has 3 heteroatoms. The Hall–Kier alpha value is -0.240. The van der Waals surface area contributed by atoms with Crippen molar-refractivity contribution in [3.05, 3.63) is 0 Å². The molecule has 0 heterocycles. The zero-order valence-electron chi connectivity index (χ0n) is 9.77. The van der Waals surface area contributed by atoms with E-state index in [1.54, 1.807) is 0 Å². The lowest BCUT2D eigenvalue weighted by molar-refractivity contribution is -0.143. The molecular weight excluding hydrogens is 212 g/mol. The first kappa shape index (κ1) is 14.8. The first-order chi connectivity index (χ1) is 7.31. The average molecular weight is 235 g/mol. The summed E-state index contributed by atoms with van der Waals surface area (Å²) in [6.07, 6.45) is 9.01. The number of carbonyl (C=O) groups is 1. The van der Waals surface area contributed by atoms with Gasteiger partial charge in [0.05, 0.1) is 13.0 Å². The molecule has 0 aromatic heterocycles. The average Bonchev–Trinajstić information content (AvgIpc) is 2.22. The van der Waals surface area contributed by atoms with Gasteiger partial charge in [0.15, 0.2) is 0 Å². The van der Waals surface area contributed by atoms with Crippen LogP contribution < -0.4 is 0 Å². The molecule has 0 aliphatic rings. The first-order valence-corrected chi connectivity index (χ1v) is 6.56. The van der Waals surface area contributed by atoms with E-state index in [-0.39, 0.29) is 5.97 Å². The third-order valence-electron chi connectivity index (χ3n) is 2.31. The molecule has 0 aromatic carbocycles. The van der Waals surface area contributed by atoms with Crippen molar-refractivity contribution in [2.45, 2.75) is 58.3 Å². The molecule has 0 rings (SSSR count). The van der Waals surface area contributed by atoms with Crippen molar-refractivity contribution in [3.8, 4) is 0 Å². The quantitative estimate of drug-likeness (QED) is 0.326. The molecule has 0 radical (unpaired) electrons. The highest BCUT2D eigenvalue weighted by Gasteiger charge is 2.00. The van der Waals surface area contributed by atoms with Crippen molar-refractivity contribution in [1.29, 1.82) is 0 Å². The van der Waals surface area contributed by atoms with E-state index in [0.717, 1.165) is 12.8 Å². The van der Waals surface area contributed by atoms with Gasteiger partial charge in [0, 0.05) is 5.88 Å². The minimum absolute atomic E-state index is 0.170.